The lowest BCUT2D eigenvalue weighted by atomic mass is 9.93. The molecule has 6 rings (SSSR count). The molecule has 4 aromatic rings. The van der Waals surface area contributed by atoms with E-state index in [-0.39, 0.29) is 11.5 Å². The van der Waals surface area contributed by atoms with Crippen molar-refractivity contribution < 1.29 is 9.72 Å². The zero-order chi connectivity index (χ0) is 27.1. The number of nitro groups is 1. The number of aryl methyl sites for hydroxylation is 1. The quantitative estimate of drug-likeness (QED) is 0.217. The zero-order valence-corrected chi connectivity index (χ0v) is 22.0. The second kappa shape index (κ2) is 9.52. The minimum atomic E-state index is -1.11. The SMILES string of the molecule is CC(=O)C1=NN(c2ccc([N+](=O)[O-])cc2)[C@]2(S1)c1ccccc1C(c1ccc(C)cc1)=NN2c1ccccc1. The molecule has 0 N–H and O–H groups in total. The average molecular weight is 534 g/mol. The minimum absolute atomic E-state index is 0.0286. The molecule has 0 saturated heterocycles. The van der Waals surface area contributed by atoms with Crippen molar-refractivity contribution in [3.05, 3.63) is 135 Å². The van der Waals surface area contributed by atoms with Gasteiger partial charge in [-0.25, -0.2) is 10.0 Å². The first-order valence-corrected chi connectivity index (χ1v) is 13.1. The van der Waals surface area contributed by atoms with Crippen LogP contribution in [0.15, 0.2) is 113 Å². The van der Waals surface area contributed by atoms with Crippen molar-refractivity contribution >= 4 is 45.4 Å². The predicted molar refractivity (Wildman–Crippen MR) is 155 cm³/mol. The van der Waals surface area contributed by atoms with Gasteiger partial charge in [-0.05, 0) is 43.0 Å². The number of para-hydroxylation sites is 1. The minimum Gasteiger partial charge on any atom is -0.292 e. The smallest absolute Gasteiger partial charge is 0.269 e. The molecule has 9 heteroatoms. The lowest BCUT2D eigenvalue weighted by molar-refractivity contribution is -0.384. The van der Waals surface area contributed by atoms with Crippen LogP contribution >= 0.6 is 11.8 Å². The number of Topliss-reactive ketones (excluding diaryl/α,β-unsaturated/α-hetero) is 1. The third kappa shape index (κ3) is 4.07. The van der Waals surface area contributed by atoms with Gasteiger partial charge >= 0.3 is 0 Å². The molecule has 2 aliphatic rings. The summed E-state index contributed by atoms with van der Waals surface area (Å²) in [6.07, 6.45) is 0. The molecule has 0 unspecified atom stereocenters. The highest BCUT2D eigenvalue weighted by atomic mass is 32.2. The van der Waals surface area contributed by atoms with E-state index in [1.807, 2.05) is 66.5 Å². The molecule has 2 heterocycles. The van der Waals surface area contributed by atoms with E-state index in [0.717, 1.165) is 33.7 Å². The number of rotatable bonds is 5. The number of nitrogens with zero attached hydrogens (tertiary/aromatic N) is 5. The molecule has 0 amide bonds. The summed E-state index contributed by atoms with van der Waals surface area (Å²) in [6.45, 7) is 3.53. The summed E-state index contributed by atoms with van der Waals surface area (Å²) in [4.78, 5) is 22.5. The lowest BCUT2D eigenvalue weighted by Gasteiger charge is -2.47. The Labute approximate surface area is 229 Å². The van der Waals surface area contributed by atoms with Crippen molar-refractivity contribution in [2.24, 2.45) is 10.2 Å². The Morgan fingerprint density at radius 3 is 2.10 bits per heavy atom. The van der Waals surface area contributed by atoms with Crippen molar-refractivity contribution in [2.45, 2.75) is 18.8 Å². The van der Waals surface area contributed by atoms with E-state index in [4.69, 9.17) is 10.2 Å². The van der Waals surface area contributed by atoms with Crippen LogP contribution in [-0.4, -0.2) is 21.5 Å². The van der Waals surface area contributed by atoms with Crippen LogP contribution in [0.1, 0.15) is 29.2 Å². The van der Waals surface area contributed by atoms with E-state index in [2.05, 4.69) is 24.3 Å². The highest BCUT2D eigenvalue weighted by molar-refractivity contribution is 8.17. The van der Waals surface area contributed by atoms with Crippen LogP contribution in [-0.2, 0) is 9.79 Å². The van der Waals surface area contributed by atoms with E-state index < -0.39 is 9.92 Å². The van der Waals surface area contributed by atoms with Crippen molar-refractivity contribution in [2.75, 3.05) is 10.0 Å². The van der Waals surface area contributed by atoms with Crippen LogP contribution in [0.4, 0.5) is 17.1 Å². The zero-order valence-electron chi connectivity index (χ0n) is 21.2. The van der Waals surface area contributed by atoms with Gasteiger partial charge in [-0.3, -0.25) is 14.9 Å². The number of ketones is 1. The van der Waals surface area contributed by atoms with Gasteiger partial charge in [0.2, 0.25) is 4.99 Å². The van der Waals surface area contributed by atoms with E-state index in [0.29, 0.717) is 10.7 Å². The number of anilines is 2. The van der Waals surface area contributed by atoms with Gasteiger partial charge in [0.15, 0.2) is 10.8 Å². The fourth-order valence-electron chi connectivity index (χ4n) is 4.79. The molecule has 1 spiro atoms. The number of hydrogen-bond acceptors (Lipinski definition) is 8. The molecule has 0 saturated carbocycles. The van der Waals surface area contributed by atoms with Gasteiger partial charge in [0.1, 0.15) is 0 Å². The van der Waals surface area contributed by atoms with Crippen LogP contribution in [0, 0.1) is 17.0 Å². The maximum absolute atomic E-state index is 12.7. The predicted octanol–water partition coefficient (Wildman–Crippen LogP) is 6.44. The third-order valence-corrected chi connectivity index (χ3v) is 8.08. The van der Waals surface area contributed by atoms with Crippen LogP contribution in [0.25, 0.3) is 0 Å². The second-order valence-electron chi connectivity index (χ2n) is 9.26. The van der Waals surface area contributed by atoms with Crippen molar-refractivity contribution in [3.8, 4) is 0 Å². The average Bonchev–Trinajstić information content (AvgIpc) is 3.36. The van der Waals surface area contributed by atoms with E-state index >= 15 is 0 Å². The number of carbonyl (C=O) groups is 1. The molecule has 0 radical (unpaired) electrons. The van der Waals surface area contributed by atoms with Gasteiger partial charge in [-0.15, -0.1) is 0 Å². The Kier molecular flexibility index (Phi) is 6.00. The Morgan fingerprint density at radius 1 is 0.821 bits per heavy atom. The number of hydrogen-bond donors (Lipinski definition) is 0. The first-order valence-electron chi connectivity index (χ1n) is 12.3. The van der Waals surface area contributed by atoms with Crippen LogP contribution < -0.4 is 10.0 Å². The van der Waals surface area contributed by atoms with Gasteiger partial charge in [-0.1, -0.05) is 72.3 Å². The Balaban J connectivity index is 1.64. The van der Waals surface area contributed by atoms with Crippen molar-refractivity contribution in [1.29, 1.82) is 0 Å². The summed E-state index contributed by atoms with van der Waals surface area (Å²) >= 11 is 1.31. The molecule has 0 aliphatic carbocycles. The number of nitro benzene ring substituents is 1. The van der Waals surface area contributed by atoms with Gasteiger partial charge in [0.25, 0.3) is 5.69 Å². The Hall–Kier alpha value is -4.76. The van der Waals surface area contributed by atoms with Gasteiger partial charge < -0.3 is 0 Å². The normalized spacial score (nSPS) is 18.0. The van der Waals surface area contributed by atoms with Gasteiger partial charge in [0.05, 0.1) is 22.0 Å². The van der Waals surface area contributed by atoms with Crippen molar-refractivity contribution in [3.63, 3.8) is 0 Å². The maximum atomic E-state index is 12.7. The summed E-state index contributed by atoms with van der Waals surface area (Å²) in [5.41, 5.74) is 6.07. The van der Waals surface area contributed by atoms with Crippen LogP contribution in [0.2, 0.25) is 0 Å². The summed E-state index contributed by atoms with van der Waals surface area (Å²) in [7, 11) is 0. The van der Waals surface area contributed by atoms with Crippen LogP contribution in [0.3, 0.4) is 0 Å². The molecule has 39 heavy (non-hydrogen) atoms. The molecule has 192 valence electrons. The van der Waals surface area contributed by atoms with E-state index in [1.54, 1.807) is 17.1 Å². The molecule has 0 bridgehead atoms. The fourth-order valence-corrected chi connectivity index (χ4v) is 6.07. The lowest BCUT2D eigenvalue weighted by Crippen LogP contribution is -2.54. The molecule has 2 aliphatic heterocycles. The van der Waals surface area contributed by atoms with Crippen molar-refractivity contribution in [1.82, 2.24) is 0 Å². The number of benzene rings is 4. The molecule has 4 aromatic carbocycles. The van der Waals surface area contributed by atoms with Gasteiger partial charge in [0, 0.05) is 35.7 Å². The first kappa shape index (κ1) is 24.6. The fraction of sp³-hybridized carbons (Fsp3) is 0.100. The Morgan fingerprint density at radius 2 is 1.44 bits per heavy atom. The van der Waals surface area contributed by atoms with Gasteiger partial charge in [-0.2, -0.15) is 10.2 Å². The van der Waals surface area contributed by atoms with Crippen LogP contribution in [0.5, 0.6) is 0 Å². The number of non-ortho nitro benzene ring substituents is 1. The summed E-state index contributed by atoms with van der Waals surface area (Å²) in [6, 6.07) is 32.1. The molecule has 0 fully saturated rings. The number of carbonyl (C=O) groups excluding carboxylic acids is 1. The molecular formula is C30H23N5O3S. The second-order valence-corrected chi connectivity index (χ2v) is 10.4. The first-order chi connectivity index (χ1) is 18.9. The standard InChI is InChI=1S/C30H23N5O3S/c1-20-12-14-22(15-13-20)28-26-10-6-7-11-27(26)30(33(31-28)23-8-4-3-5-9-23)34(32-29(39-30)21(2)36)24-16-18-25(19-17-24)35(37)38/h3-19H,1-2H3/t30-/m0/s1. The monoisotopic (exact) mass is 533 g/mol. The van der Waals surface area contributed by atoms with E-state index in [1.165, 1.54) is 30.8 Å². The maximum Gasteiger partial charge on any atom is 0.269 e. The largest absolute Gasteiger partial charge is 0.292 e. The Bertz CT molecular complexity index is 1650. The number of fused-ring (bicyclic) bond motifs is 2. The molecule has 8 nitrogen and oxygen atoms in total. The number of thioether (sulfide) groups is 1. The van der Waals surface area contributed by atoms with E-state index in [9.17, 15) is 14.9 Å². The molecule has 0 aromatic heterocycles. The highest BCUT2D eigenvalue weighted by Crippen LogP contribution is 2.55. The topological polar surface area (TPSA) is 91.4 Å². The number of hydrazone groups is 2. The molecule has 1 atom stereocenters. The summed E-state index contributed by atoms with van der Waals surface area (Å²) in [5.74, 6) is -0.178. The molecular weight excluding hydrogens is 510 g/mol. The summed E-state index contributed by atoms with van der Waals surface area (Å²) < 4.78 is 0. The summed E-state index contributed by atoms with van der Waals surface area (Å²) in [5, 5.41) is 25.3. The highest BCUT2D eigenvalue weighted by Gasteiger charge is 2.55. The third-order valence-electron chi connectivity index (χ3n) is 6.67.